The molecule has 17 heteroatoms. The highest BCUT2D eigenvalue weighted by molar-refractivity contribution is 5.82. The Hall–Kier alpha value is -4.28. The average molecular weight is 867 g/mol. The van der Waals surface area contributed by atoms with Crippen molar-refractivity contribution in [3.05, 3.63) is 0 Å². The SMILES string of the molecule is CCC(COCC(CC)(COC(=O)C1CCCCC1C(=O)O)COC(=O)C1CCCCC1C(=O)O)(COC(=O)C1CCCCC1OC=O)COC(=O)C1CCCCC1OC=O. The van der Waals surface area contributed by atoms with Crippen molar-refractivity contribution in [2.45, 2.75) is 142 Å². The molecular weight excluding hydrogens is 800 g/mol. The number of carbonyl (C=O) groups excluding carboxylic acids is 6. The summed E-state index contributed by atoms with van der Waals surface area (Å²) in [5.41, 5.74) is -2.31. The van der Waals surface area contributed by atoms with E-state index in [2.05, 4.69) is 0 Å². The Labute approximate surface area is 357 Å². The molecule has 0 amide bonds. The third-order valence-corrected chi connectivity index (χ3v) is 13.6. The predicted octanol–water partition coefficient (Wildman–Crippen LogP) is 5.21. The highest BCUT2D eigenvalue weighted by Crippen LogP contribution is 2.36. The topological polar surface area (TPSA) is 242 Å². The molecular formula is C44H66O17. The van der Waals surface area contributed by atoms with Crippen LogP contribution in [0.15, 0.2) is 0 Å². The molecule has 8 unspecified atom stereocenters. The molecule has 0 aliphatic heterocycles. The number of rotatable bonds is 24. The minimum atomic E-state index is -1.18. The van der Waals surface area contributed by atoms with Crippen LogP contribution < -0.4 is 0 Å². The fraction of sp³-hybridized carbons (Fsp3) is 0.818. The van der Waals surface area contributed by atoms with Crippen LogP contribution in [0.5, 0.6) is 0 Å². The van der Waals surface area contributed by atoms with Crippen molar-refractivity contribution in [3.63, 3.8) is 0 Å². The van der Waals surface area contributed by atoms with E-state index in [4.69, 9.17) is 33.2 Å². The molecule has 4 aliphatic carbocycles. The van der Waals surface area contributed by atoms with Crippen molar-refractivity contribution in [3.8, 4) is 0 Å². The summed E-state index contributed by atoms with van der Waals surface area (Å²) in [6, 6.07) is 0. The zero-order chi connectivity index (χ0) is 44.4. The summed E-state index contributed by atoms with van der Waals surface area (Å²) in [6.45, 7) is 2.78. The molecule has 4 rings (SSSR count). The largest absolute Gasteiger partial charge is 0.481 e. The van der Waals surface area contributed by atoms with Crippen LogP contribution in [0.3, 0.4) is 0 Å². The fourth-order valence-corrected chi connectivity index (χ4v) is 9.29. The van der Waals surface area contributed by atoms with Crippen LogP contribution >= 0.6 is 0 Å². The van der Waals surface area contributed by atoms with E-state index >= 15 is 0 Å². The van der Waals surface area contributed by atoms with Gasteiger partial charge in [0.1, 0.15) is 38.6 Å². The normalized spacial score (nSPS) is 28.6. The minimum Gasteiger partial charge on any atom is -0.481 e. The Kier molecular flexibility index (Phi) is 19.7. The van der Waals surface area contributed by atoms with Crippen molar-refractivity contribution in [1.29, 1.82) is 0 Å². The predicted molar refractivity (Wildman–Crippen MR) is 212 cm³/mol. The Morgan fingerprint density at radius 1 is 0.443 bits per heavy atom. The van der Waals surface area contributed by atoms with Gasteiger partial charge in [0.25, 0.3) is 12.9 Å². The average Bonchev–Trinajstić information content (AvgIpc) is 3.28. The van der Waals surface area contributed by atoms with E-state index in [-0.39, 0.29) is 52.5 Å². The van der Waals surface area contributed by atoms with E-state index in [1.165, 1.54) is 0 Å². The summed E-state index contributed by atoms with van der Waals surface area (Å²) >= 11 is 0. The minimum absolute atomic E-state index is 0.154. The number of carbonyl (C=O) groups is 8. The molecule has 61 heavy (non-hydrogen) atoms. The number of hydrogen-bond acceptors (Lipinski definition) is 15. The number of hydrogen-bond donors (Lipinski definition) is 2. The van der Waals surface area contributed by atoms with Crippen molar-refractivity contribution in [2.24, 2.45) is 46.3 Å². The first-order valence-corrected chi connectivity index (χ1v) is 22.2. The maximum atomic E-state index is 13.5. The van der Waals surface area contributed by atoms with Gasteiger partial charge in [0.2, 0.25) is 0 Å². The summed E-state index contributed by atoms with van der Waals surface area (Å²) in [5.74, 6) is -9.57. The van der Waals surface area contributed by atoms with Crippen LogP contribution in [0, 0.1) is 46.3 Å². The highest BCUT2D eigenvalue weighted by atomic mass is 16.6. The van der Waals surface area contributed by atoms with Crippen LogP contribution in [0.1, 0.15) is 129 Å². The molecule has 0 heterocycles. The van der Waals surface area contributed by atoms with E-state index in [1.807, 2.05) is 6.92 Å². The monoisotopic (exact) mass is 866 g/mol. The van der Waals surface area contributed by atoms with Crippen LogP contribution in [0.25, 0.3) is 0 Å². The molecule has 0 aromatic carbocycles. The van der Waals surface area contributed by atoms with Gasteiger partial charge >= 0.3 is 35.8 Å². The third kappa shape index (κ3) is 13.9. The molecule has 0 aromatic rings. The molecule has 0 spiro atoms. The lowest BCUT2D eigenvalue weighted by atomic mass is 9.79. The molecule has 0 saturated heterocycles. The smallest absolute Gasteiger partial charge is 0.312 e. The van der Waals surface area contributed by atoms with E-state index in [0.29, 0.717) is 90.0 Å². The first-order chi connectivity index (χ1) is 29.3. The lowest BCUT2D eigenvalue weighted by Crippen LogP contribution is -2.45. The van der Waals surface area contributed by atoms with Gasteiger partial charge < -0.3 is 43.4 Å². The third-order valence-electron chi connectivity index (χ3n) is 13.6. The summed E-state index contributed by atoms with van der Waals surface area (Å²) in [6.07, 6.45) is 8.29. The van der Waals surface area contributed by atoms with Gasteiger partial charge in [0.15, 0.2) is 0 Å². The summed E-state index contributed by atoms with van der Waals surface area (Å²) in [7, 11) is 0. The molecule has 0 aromatic heterocycles. The van der Waals surface area contributed by atoms with E-state index in [9.17, 15) is 48.6 Å². The molecule has 0 radical (unpaired) electrons. The first-order valence-electron chi connectivity index (χ1n) is 22.2. The number of carboxylic acids is 2. The van der Waals surface area contributed by atoms with Crippen molar-refractivity contribution in [1.82, 2.24) is 0 Å². The quantitative estimate of drug-likeness (QED) is 0.0718. The van der Waals surface area contributed by atoms with Gasteiger partial charge in [-0.2, -0.15) is 0 Å². The van der Waals surface area contributed by atoms with Gasteiger partial charge in [-0.25, -0.2) is 0 Å². The van der Waals surface area contributed by atoms with Gasteiger partial charge in [-0.1, -0.05) is 52.4 Å². The van der Waals surface area contributed by atoms with Crippen LogP contribution in [0.2, 0.25) is 0 Å². The van der Waals surface area contributed by atoms with Gasteiger partial charge in [-0.15, -0.1) is 0 Å². The fourth-order valence-electron chi connectivity index (χ4n) is 9.29. The van der Waals surface area contributed by atoms with Crippen LogP contribution in [0.4, 0.5) is 0 Å². The van der Waals surface area contributed by atoms with Crippen molar-refractivity contribution in [2.75, 3.05) is 39.6 Å². The van der Waals surface area contributed by atoms with Gasteiger partial charge in [-0.3, -0.25) is 38.4 Å². The lowest BCUT2D eigenvalue weighted by Gasteiger charge is -2.37. The molecule has 4 saturated carbocycles. The maximum Gasteiger partial charge on any atom is 0.312 e. The molecule has 0 bridgehead atoms. The first kappa shape index (κ1) is 49.4. The van der Waals surface area contributed by atoms with Crippen LogP contribution in [-0.4, -0.2) is 111 Å². The Balaban J connectivity index is 1.56. The molecule has 4 fully saturated rings. The molecule has 17 nitrogen and oxygen atoms in total. The second-order valence-corrected chi connectivity index (χ2v) is 17.6. The Morgan fingerprint density at radius 3 is 1.02 bits per heavy atom. The van der Waals surface area contributed by atoms with E-state index < -0.39 is 94.4 Å². The zero-order valence-corrected chi connectivity index (χ0v) is 35.8. The number of carboxylic acid groups (broad SMARTS) is 2. The number of aliphatic carboxylic acids is 2. The number of ether oxygens (including phenoxy) is 7. The summed E-state index contributed by atoms with van der Waals surface area (Å²) in [5, 5.41) is 19.7. The van der Waals surface area contributed by atoms with Gasteiger partial charge in [0, 0.05) is 0 Å². The van der Waals surface area contributed by atoms with E-state index in [0.717, 1.165) is 25.7 Å². The molecule has 8 atom stereocenters. The van der Waals surface area contributed by atoms with E-state index in [1.54, 1.807) is 6.92 Å². The van der Waals surface area contributed by atoms with Gasteiger partial charge in [0.05, 0.1) is 59.6 Å². The standard InChI is InChI=1S/C44H66O17/c1-3-43(23-56-39(51)31-15-7-5-13-29(31)37(47)48,24-57-40(52)32-16-8-6-14-30(32)38(49)50)21-55-22-44(4-2,25-58-41(53)33-17-9-11-19-35(33)60-27-45)26-59-42(54)34-18-10-12-20-36(34)61-28-46/h27-36H,3-26H2,1-2H3,(H,47,48)(H,49,50). The van der Waals surface area contributed by atoms with Crippen LogP contribution in [-0.2, 0) is 71.5 Å². The second kappa shape index (κ2) is 24.4. The zero-order valence-electron chi connectivity index (χ0n) is 35.8. The van der Waals surface area contributed by atoms with Gasteiger partial charge in [-0.05, 0) is 77.0 Å². The molecule has 4 aliphatic rings. The Bertz CT molecular complexity index is 1400. The number of esters is 4. The second-order valence-electron chi connectivity index (χ2n) is 17.6. The Morgan fingerprint density at radius 2 is 0.721 bits per heavy atom. The highest BCUT2D eigenvalue weighted by Gasteiger charge is 2.44. The van der Waals surface area contributed by atoms with Crippen molar-refractivity contribution >= 4 is 48.8 Å². The van der Waals surface area contributed by atoms with Crippen molar-refractivity contribution < 1.29 is 81.7 Å². The summed E-state index contributed by atoms with van der Waals surface area (Å²) < 4.78 is 40.3. The molecule has 2 N–H and O–H groups in total. The summed E-state index contributed by atoms with van der Waals surface area (Å²) in [4.78, 5) is 101. The lowest BCUT2D eigenvalue weighted by molar-refractivity contribution is -0.175. The molecule has 344 valence electrons. The maximum absolute atomic E-state index is 13.5.